The van der Waals surface area contributed by atoms with Crippen LogP contribution in [0.1, 0.15) is 0 Å². The summed E-state index contributed by atoms with van der Waals surface area (Å²) < 4.78 is 9.47. The molecule has 0 atom stereocenters. The highest BCUT2D eigenvalue weighted by Crippen LogP contribution is 2.45. The molecule has 0 saturated heterocycles. The first-order chi connectivity index (χ1) is 29.7. The number of fused-ring (bicyclic) bond motifs is 8. The summed E-state index contributed by atoms with van der Waals surface area (Å²) in [5.41, 5.74) is 12.0. The van der Waals surface area contributed by atoms with Crippen LogP contribution < -0.4 is 0 Å². The molecule has 12 rings (SSSR count). The lowest BCUT2D eigenvalue weighted by molar-refractivity contribution is 0.666. The fourth-order valence-corrected chi connectivity index (χ4v) is 8.85. The number of rotatable bonds is 6. The molecule has 0 radical (unpaired) electrons. The molecule has 0 amide bonds. The zero-order valence-electron chi connectivity index (χ0n) is 32.3. The molecule has 0 aliphatic rings. The maximum absolute atomic E-state index is 7.08. The van der Waals surface area contributed by atoms with Crippen molar-refractivity contribution in [3.8, 4) is 62.1 Å². The molecular formula is C55H34N4O. The van der Waals surface area contributed by atoms with Gasteiger partial charge in [0.05, 0.1) is 16.7 Å². The maximum Gasteiger partial charge on any atom is 0.164 e. The Bertz CT molecular complexity index is 3520. The molecule has 60 heavy (non-hydrogen) atoms. The van der Waals surface area contributed by atoms with Crippen LogP contribution in [0.5, 0.6) is 0 Å². The van der Waals surface area contributed by atoms with Crippen molar-refractivity contribution in [1.29, 1.82) is 0 Å². The van der Waals surface area contributed by atoms with E-state index in [9.17, 15) is 0 Å². The Labute approximate surface area is 345 Å². The molecule has 5 nitrogen and oxygen atoms in total. The van der Waals surface area contributed by atoms with Gasteiger partial charge in [-0.3, -0.25) is 0 Å². The van der Waals surface area contributed by atoms with Crippen molar-refractivity contribution in [2.24, 2.45) is 0 Å². The first kappa shape index (κ1) is 33.9. The Morgan fingerprint density at radius 1 is 0.350 bits per heavy atom. The van der Waals surface area contributed by atoms with E-state index in [1.165, 1.54) is 32.7 Å². The lowest BCUT2D eigenvalue weighted by atomic mass is 9.99. The highest BCUT2D eigenvalue weighted by atomic mass is 16.3. The third-order valence-corrected chi connectivity index (χ3v) is 11.6. The minimum absolute atomic E-state index is 0.583. The Morgan fingerprint density at radius 3 is 1.60 bits per heavy atom. The number of nitrogens with zero attached hydrogens (tertiary/aromatic N) is 4. The van der Waals surface area contributed by atoms with Gasteiger partial charge in [-0.1, -0.05) is 170 Å². The van der Waals surface area contributed by atoms with Crippen LogP contribution in [0.4, 0.5) is 0 Å². The number of hydrogen-bond acceptors (Lipinski definition) is 4. The number of furan rings is 1. The molecule has 3 heterocycles. The highest BCUT2D eigenvalue weighted by molar-refractivity contribution is 6.23. The zero-order valence-corrected chi connectivity index (χ0v) is 32.3. The van der Waals surface area contributed by atoms with Crippen LogP contribution in [0.15, 0.2) is 211 Å². The largest absolute Gasteiger partial charge is 0.454 e. The normalized spacial score (nSPS) is 11.7. The fourth-order valence-electron chi connectivity index (χ4n) is 8.85. The van der Waals surface area contributed by atoms with Crippen LogP contribution in [0, 0.1) is 0 Å². The van der Waals surface area contributed by atoms with Crippen molar-refractivity contribution < 1.29 is 4.42 Å². The van der Waals surface area contributed by atoms with Gasteiger partial charge in [0.25, 0.3) is 0 Å². The van der Waals surface area contributed by atoms with Gasteiger partial charge in [-0.25, -0.2) is 15.0 Å². The second-order valence-corrected chi connectivity index (χ2v) is 15.2. The van der Waals surface area contributed by atoms with Gasteiger partial charge in [0.15, 0.2) is 23.1 Å². The van der Waals surface area contributed by atoms with Gasteiger partial charge in [-0.15, -0.1) is 0 Å². The van der Waals surface area contributed by atoms with Gasteiger partial charge in [0.2, 0.25) is 0 Å². The Kier molecular flexibility index (Phi) is 7.78. The Balaban J connectivity index is 1.18. The van der Waals surface area contributed by atoms with Gasteiger partial charge in [-0.2, -0.15) is 0 Å². The van der Waals surface area contributed by atoms with E-state index in [-0.39, 0.29) is 0 Å². The van der Waals surface area contributed by atoms with E-state index in [0.717, 1.165) is 66.5 Å². The number of aromatic nitrogens is 4. The minimum atomic E-state index is 0.583. The van der Waals surface area contributed by atoms with E-state index in [1.54, 1.807) is 0 Å². The molecule has 9 aromatic carbocycles. The van der Waals surface area contributed by atoms with Gasteiger partial charge >= 0.3 is 0 Å². The first-order valence-electron chi connectivity index (χ1n) is 20.2. The third-order valence-electron chi connectivity index (χ3n) is 11.6. The van der Waals surface area contributed by atoms with E-state index >= 15 is 0 Å². The van der Waals surface area contributed by atoms with Gasteiger partial charge < -0.3 is 8.98 Å². The van der Waals surface area contributed by atoms with Gasteiger partial charge in [0.1, 0.15) is 5.58 Å². The van der Waals surface area contributed by atoms with Crippen LogP contribution in [-0.4, -0.2) is 19.5 Å². The monoisotopic (exact) mass is 766 g/mol. The van der Waals surface area contributed by atoms with Crippen molar-refractivity contribution >= 4 is 54.5 Å². The summed E-state index contributed by atoms with van der Waals surface area (Å²) in [7, 11) is 0. The quantitative estimate of drug-likeness (QED) is 0.169. The molecule has 0 bridgehead atoms. The van der Waals surface area contributed by atoms with E-state index in [0.29, 0.717) is 17.5 Å². The Morgan fingerprint density at radius 2 is 0.917 bits per heavy atom. The third kappa shape index (κ3) is 5.52. The summed E-state index contributed by atoms with van der Waals surface area (Å²) in [4.78, 5) is 15.3. The number of hydrogen-bond donors (Lipinski definition) is 0. The van der Waals surface area contributed by atoms with Gasteiger partial charge in [0, 0.05) is 38.2 Å². The van der Waals surface area contributed by atoms with Crippen LogP contribution in [-0.2, 0) is 0 Å². The summed E-state index contributed by atoms with van der Waals surface area (Å²) in [6.07, 6.45) is 0. The van der Waals surface area contributed by atoms with Crippen molar-refractivity contribution in [3.05, 3.63) is 206 Å². The summed E-state index contributed by atoms with van der Waals surface area (Å²) in [5.74, 6) is 1.81. The van der Waals surface area contributed by atoms with Crippen LogP contribution in [0.2, 0.25) is 0 Å². The molecule has 280 valence electrons. The topological polar surface area (TPSA) is 56.7 Å². The first-order valence-corrected chi connectivity index (χ1v) is 20.2. The molecule has 0 aliphatic carbocycles. The molecule has 5 heteroatoms. The smallest absolute Gasteiger partial charge is 0.164 e. The minimum Gasteiger partial charge on any atom is -0.454 e. The molecule has 0 N–H and O–H groups in total. The standard InChI is InChI=1S/C55H34N4O/c1-5-16-35(17-6-1)40-29-30-46-44(32-40)50-42-25-14-13-20-37(42)28-31-47(50)59(46)48-34-41(36-18-7-2-8-19-36)33-45-51-43(26-15-27-49(51)60-52(45)48)55-57-53(38-21-9-3-10-22-38)56-54(58-55)39-23-11-4-12-24-39/h1-34H. The summed E-state index contributed by atoms with van der Waals surface area (Å²) in [6, 6.07) is 72.2. The molecule has 0 fully saturated rings. The predicted molar refractivity (Wildman–Crippen MR) is 246 cm³/mol. The second kappa shape index (κ2) is 13.8. The lowest BCUT2D eigenvalue weighted by Crippen LogP contribution is -2.00. The molecule has 0 saturated carbocycles. The summed E-state index contributed by atoms with van der Waals surface area (Å²) in [5, 5.41) is 6.75. The van der Waals surface area contributed by atoms with E-state index in [4.69, 9.17) is 19.4 Å². The van der Waals surface area contributed by atoms with Crippen LogP contribution >= 0.6 is 0 Å². The van der Waals surface area contributed by atoms with Crippen LogP contribution in [0.25, 0.3) is 117 Å². The SMILES string of the molecule is c1ccc(-c2cc(-n3c4ccc(-c5ccccc5)cc4c4c5ccccc5ccc43)c3oc4cccc(-c5nc(-c6ccccc6)nc(-c6ccccc6)n5)c4c3c2)cc1. The van der Waals surface area contributed by atoms with E-state index in [1.807, 2.05) is 72.8 Å². The molecule has 0 aliphatic heterocycles. The van der Waals surface area contributed by atoms with Crippen LogP contribution in [0.3, 0.4) is 0 Å². The fraction of sp³-hybridized carbons (Fsp3) is 0. The Hall–Kier alpha value is -8.15. The number of benzene rings is 9. The van der Waals surface area contributed by atoms with E-state index < -0.39 is 0 Å². The summed E-state index contributed by atoms with van der Waals surface area (Å²) >= 11 is 0. The predicted octanol–water partition coefficient (Wildman–Crippen LogP) is 14.4. The molecule has 3 aromatic heterocycles. The van der Waals surface area contributed by atoms with Crippen molar-refractivity contribution in [2.75, 3.05) is 0 Å². The molecular weight excluding hydrogens is 733 g/mol. The lowest BCUT2D eigenvalue weighted by Gasteiger charge is -2.13. The average molecular weight is 767 g/mol. The van der Waals surface area contributed by atoms with E-state index in [2.05, 4.69) is 138 Å². The highest BCUT2D eigenvalue weighted by Gasteiger charge is 2.24. The molecule has 0 spiro atoms. The summed E-state index contributed by atoms with van der Waals surface area (Å²) in [6.45, 7) is 0. The van der Waals surface area contributed by atoms with Crippen molar-refractivity contribution in [3.63, 3.8) is 0 Å². The average Bonchev–Trinajstić information content (AvgIpc) is 3.88. The molecule has 12 aromatic rings. The molecule has 0 unspecified atom stereocenters. The zero-order chi connectivity index (χ0) is 39.6. The van der Waals surface area contributed by atoms with Crippen molar-refractivity contribution in [2.45, 2.75) is 0 Å². The maximum atomic E-state index is 7.08. The van der Waals surface area contributed by atoms with Gasteiger partial charge in [-0.05, 0) is 69.4 Å². The van der Waals surface area contributed by atoms with Crippen molar-refractivity contribution in [1.82, 2.24) is 19.5 Å². The second-order valence-electron chi connectivity index (χ2n) is 15.2.